The smallest absolute Gasteiger partial charge is 0.226 e. The van der Waals surface area contributed by atoms with Gasteiger partial charge in [0.1, 0.15) is 0 Å². The van der Waals surface area contributed by atoms with E-state index in [0.29, 0.717) is 6.54 Å². The van der Waals surface area contributed by atoms with Crippen LogP contribution in [0.2, 0.25) is 0 Å². The van der Waals surface area contributed by atoms with Crippen molar-refractivity contribution in [1.29, 1.82) is 0 Å². The molecule has 1 aliphatic carbocycles. The van der Waals surface area contributed by atoms with Gasteiger partial charge in [0.2, 0.25) is 11.8 Å². The molecular weight excluding hydrogens is 316 g/mol. The molecule has 1 aliphatic rings. The van der Waals surface area contributed by atoms with E-state index in [1.54, 1.807) is 0 Å². The lowest BCUT2D eigenvalue weighted by Gasteiger charge is -2.37. The van der Waals surface area contributed by atoms with Crippen LogP contribution in [0.4, 0.5) is 0 Å². The van der Waals surface area contributed by atoms with E-state index in [1.165, 1.54) is 0 Å². The summed E-state index contributed by atoms with van der Waals surface area (Å²) >= 11 is 0. The number of carbonyl (C=O) groups is 2. The minimum absolute atomic E-state index is 0.0348. The number of para-hydroxylation sites is 1. The van der Waals surface area contributed by atoms with Gasteiger partial charge >= 0.3 is 0 Å². The van der Waals surface area contributed by atoms with E-state index in [9.17, 15) is 9.59 Å². The molecule has 0 saturated heterocycles. The van der Waals surface area contributed by atoms with E-state index in [1.807, 2.05) is 38.1 Å². The molecular formula is C19H26N4O2. The SMILES string of the molecule is CC[C@H](CNC(=O)Cc1[nH]nc2ccccc12)NC(=O)C1(C)CCC1. The Morgan fingerprint density at radius 3 is 2.76 bits per heavy atom. The highest BCUT2D eigenvalue weighted by Crippen LogP contribution is 2.40. The fourth-order valence-corrected chi connectivity index (χ4v) is 3.20. The van der Waals surface area contributed by atoms with Crippen LogP contribution in [0.3, 0.4) is 0 Å². The lowest BCUT2D eigenvalue weighted by atomic mass is 9.69. The number of aromatic nitrogens is 2. The van der Waals surface area contributed by atoms with Gasteiger partial charge in [-0.3, -0.25) is 14.7 Å². The lowest BCUT2D eigenvalue weighted by Crippen LogP contribution is -2.50. The second-order valence-electron chi connectivity index (χ2n) is 7.19. The second-order valence-corrected chi connectivity index (χ2v) is 7.19. The molecule has 134 valence electrons. The van der Waals surface area contributed by atoms with Crippen LogP contribution < -0.4 is 10.6 Å². The molecule has 1 atom stereocenters. The predicted molar refractivity (Wildman–Crippen MR) is 97.0 cm³/mol. The van der Waals surface area contributed by atoms with Crippen molar-refractivity contribution in [2.24, 2.45) is 5.41 Å². The third kappa shape index (κ3) is 3.83. The zero-order chi connectivity index (χ0) is 17.9. The van der Waals surface area contributed by atoms with Gasteiger partial charge in [0.15, 0.2) is 0 Å². The number of hydrogen-bond acceptors (Lipinski definition) is 3. The third-order valence-corrected chi connectivity index (χ3v) is 5.26. The van der Waals surface area contributed by atoms with Crippen molar-refractivity contribution in [2.45, 2.75) is 52.0 Å². The van der Waals surface area contributed by atoms with Crippen LogP contribution in [0.25, 0.3) is 10.9 Å². The monoisotopic (exact) mass is 342 g/mol. The van der Waals surface area contributed by atoms with Crippen molar-refractivity contribution in [3.8, 4) is 0 Å². The molecule has 1 fully saturated rings. The van der Waals surface area contributed by atoms with Gasteiger partial charge in [-0.15, -0.1) is 0 Å². The molecule has 3 N–H and O–H groups in total. The Morgan fingerprint density at radius 2 is 2.08 bits per heavy atom. The van der Waals surface area contributed by atoms with Gasteiger partial charge in [-0.25, -0.2) is 0 Å². The van der Waals surface area contributed by atoms with Gasteiger partial charge in [-0.05, 0) is 25.3 Å². The van der Waals surface area contributed by atoms with Gasteiger partial charge in [0, 0.05) is 23.4 Å². The van der Waals surface area contributed by atoms with Crippen molar-refractivity contribution in [2.75, 3.05) is 6.54 Å². The highest BCUT2D eigenvalue weighted by Gasteiger charge is 2.39. The molecule has 1 aromatic heterocycles. The molecule has 3 rings (SSSR count). The molecule has 6 heteroatoms. The predicted octanol–water partition coefficient (Wildman–Crippen LogP) is 2.31. The Hall–Kier alpha value is -2.37. The normalized spacial score (nSPS) is 16.9. The first kappa shape index (κ1) is 17.5. The number of hydrogen-bond donors (Lipinski definition) is 3. The maximum Gasteiger partial charge on any atom is 0.226 e. The number of fused-ring (bicyclic) bond motifs is 1. The first-order valence-corrected chi connectivity index (χ1v) is 9.01. The van der Waals surface area contributed by atoms with E-state index >= 15 is 0 Å². The molecule has 2 aromatic rings. The fourth-order valence-electron chi connectivity index (χ4n) is 3.20. The molecule has 6 nitrogen and oxygen atoms in total. The first-order chi connectivity index (χ1) is 12.0. The molecule has 0 unspecified atom stereocenters. The number of nitrogens with one attached hydrogen (secondary N) is 3. The Labute approximate surface area is 147 Å². The summed E-state index contributed by atoms with van der Waals surface area (Å²) in [5.74, 6) is 0.0383. The van der Waals surface area contributed by atoms with Crippen LogP contribution >= 0.6 is 0 Å². The van der Waals surface area contributed by atoms with E-state index < -0.39 is 0 Å². The summed E-state index contributed by atoms with van der Waals surface area (Å²) in [5.41, 5.74) is 1.46. The number of aromatic amines is 1. The molecule has 25 heavy (non-hydrogen) atoms. The van der Waals surface area contributed by atoms with Crippen molar-refractivity contribution >= 4 is 22.7 Å². The van der Waals surface area contributed by atoms with Gasteiger partial charge in [0.25, 0.3) is 0 Å². The Bertz CT molecular complexity index is 764. The molecule has 0 spiro atoms. The van der Waals surface area contributed by atoms with Crippen LogP contribution in [-0.4, -0.2) is 34.6 Å². The summed E-state index contributed by atoms with van der Waals surface area (Å²) in [5, 5.41) is 14.1. The second kappa shape index (κ2) is 7.25. The lowest BCUT2D eigenvalue weighted by molar-refractivity contribution is -0.135. The number of H-pyrrole nitrogens is 1. The van der Waals surface area contributed by atoms with Gasteiger partial charge in [-0.2, -0.15) is 5.10 Å². The van der Waals surface area contributed by atoms with Crippen LogP contribution in [0.5, 0.6) is 0 Å². The average molecular weight is 342 g/mol. The topological polar surface area (TPSA) is 86.9 Å². The average Bonchev–Trinajstić information content (AvgIpc) is 2.99. The first-order valence-electron chi connectivity index (χ1n) is 9.01. The molecule has 1 heterocycles. The van der Waals surface area contributed by atoms with Crippen LogP contribution in [-0.2, 0) is 16.0 Å². The highest BCUT2D eigenvalue weighted by molar-refractivity contribution is 5.87. The van der Waals surface area contributed by atoms with Crippen molar-refractivity contribution < 1.29 is 9.59 Å². The Balaban J connectivity index is 1.51. The highest BCUT2D eigenvalue weighted by atomic mass is 16.2. The standard InChI is InChI=1S/C19H26N4O2/c1-3-13(21-18(25)19(2)9-6-10-19)12-20-17(24)11-16-14-7-4-5-8-15(14)22-23-16/h4-5,7-8,13H,3,6,9-12H2,1-2H3,(H,20,24)(H,21,25)(H,22,23)/t13-/m1/s1. The van der Waals surface area contributed by atoms with Crippen molar-refractivity contribution in [3.63, 3.8) is 0 Å². The maximum absolute atomic E-state index is 12.3. The fraction of sp³-hybridized carbons (Fsp3) is 0.526. The third-order valence-electron chi connectivity index (χ3n) is 5.26. The molecule has 1 saturated carbocycles. The zero-order valence-corrected chi connectivity index (χ0v) is 14.9. The number of carbonyl (C=O) groups excluding carboxylic acids is 2. The minimum Gasteiger partial charge on any atom is -0.354 e. The summed E-state index contributed by atoms with van der Waals surface area (Å²) in [6, 6.07) is 7.69. The number of amides is 2. The van der Waals surface area contributed by atoms with Crippen LogP contribution in [0.15, 0.2) is 24.3 Å². The van der Waals surface area contributed by atoms with Crippen molar-refractivity contribution in [3.05, 3.63) is 30.0 Å². The van der Waals surface area contributed by atoms with E-state index in [4.69, 9.17) is 0 Å². The van der Waals surface area contributed by atoms with Gasteiger partial charge < -0.3 is 10.6 Å². The molecule has 1 aromatic carbocycles. The summed E-state index contributed by atoms with van der Waals surface area (Å²) in [4.78, 5) is 24.6. The molecule has 0 bridgehead atoms. The van der Waals surface area contributed by atoms with Crippen LogP contribution in [0.1, 0.15) is 45.2 Å². The van der Waals surface area contributed by atoms with E-state index in [0.717, 1.165) is 42.3 Å². The number of nitrogens with zero attached hydrogens (tertiary/aromatic N) is 1. The summed E-state index contributed by atoms with van der Waals surface area (Å²) < 4.78 is 0. The van der Waals surface area contributed by atoms with Crippen LogP contribution in [0, 0.1) is 5.41 Å². The zero-order valence-electron chi connectivity index (χ0n) is 14.9. The van der Waals surface area contributed by atoms with E-state index in [-0.39, 0.29) is 29.7 Å². The van der Waals surface area contributed by atoms with Crippen molar-refractivity contribution in [1.82, 2.24) is 20.8 Å². The summed E-state index contributed by atoms with van der Waals surface area (Å²) in [6.45, 7) is 4.48. The van der Waals surface area contributed by atoms with Gasteiger partial charge in [0.05, 0.1) is 17.6 Å². The molecule has 2 amide bonds. The number of benzene rings is 1. The quantitative estimate of drug-likeness (QED) is 0.721. The largest absolute Gasteiger partial charge is 0.354 e. The summed E-state index contributed by atoms with van der Waals surface area (Å²) in [7, 11) is 0. The van der Waals surface area contributed by atoms with E-state index in [2.05, 4.69) is 20.8 Å². The minimum atomic E-state index is -0.216. The Morgan fingerprint density at radius 1 is 1.32 bits per heavy atom. The maximum atomic E-state index is 12.3. The molecule has 0 aliphatic heterocycles. The molecule has 0 radical (unpaired) electrons. The van der Waals surface area contributed by atoms with Gasteiger partial charge in [-0.1, -0.05) is 38.5 Å². The Kier molecular flexibility index (Phi) is 5.06. The summed E-state index contributed by atoms with van der Waals surface area (Å²) in [6.07, 6.45) is 4.07. The number of rotatable bonds is 7.